The molecule has 2 aromatic carbocycles. The van der Waals surface area contributed by atoms with E-state index >= 15 is 0 Å². The Labute approximate surface area is 161 Å². The summed E-state index contributed by atoms with van der Waals surface area (Å²) < 4.78 is 16.8. The van der Waals surface area contributed by atoms with Crippen LogP contribution in [-0.2, 0) is 0 Å². The molecule has 1 aliphatic rings. The SMILES string of the molecule is Cc1onc(-c2ccccc2Cl)c1C(=O)NCC1COc2ccccc2O1. The molecule has 1 N–H and O–H groups in total. The van der Waals surface area contributed by atoms with E-state index in [0.717, 1.165) is 0 Å². The van der Waals surface area contributed by atoms with Crippen molar-refractivity contribution < 1.29 is 18.8 Å². The van der Waals surface area contributed by atoms with Gasteiger partial charge in [0.2, 0.25) is 0 Å². The van der Waals surface area contributed by atoms with Gasteiger partial charge in [-0.25, -0.2) is 0 Å². The van der Waals surface area contributed by atoms with Gasteiger partial charge in [0.1, 0.15) is 29.7 Å². The number of fused-ring (bicyclic) bond motifs is 1. The quantitative estimate of drug-likeness (QED) is 0.739. The molecule has 1 unspecified atom stereocenters. The fraction of sp³-hybridized carbons (Fsp3) is 0.200. The number of benzene rings is 2. The van der Waals surface area contributed by atoms with Crippen molar-refractivity contribution in [2.24, 2.45) is 0 Å². The second-order valence-corrected chi connectivity index (χ2v) is 6.56. The first-order valence-electron chi connectivity index (χ1n) is 8.51. The molecule has 138 valence electrons. The van der Waals surface area contributed by atoms with E-state index in [1.54, 1.807) is 19.1 Å². The number of ether oxygens (including phenoxy) is 2. The van der Waals surface area contributed by atoms with E-state index in [2.05, 4.69) is 10.5 Å². The van der Waals surface area contributed by atoms with Crippen LogP contribution in [-0.4, -0.2) is 30.3 Å². The second-order valence-electron chi connectivity index (χ2n) is 6.15. The van der Waals surface area contributed by atoms with Crippen LogP contribution in [0.15, 0.2) is 53.1 Å². The van der Waals surface area contributed by atoms with E-state index in [0.29, 0.717) is 52.3 Å². The minimum atomic E-state index is -0.300. The molecule has 27 heavy (non-hydrogen) atoms. The van der Waals surface area contributed by atoms with Crippen LogP contribution < -0.4 is 14.8 Å². The number of rotatable bonds is 4. The minimum Gasteiger partial charge on any atom is -0.486 e. The Bertz CT molecular complexity index is 986. The summed E-state index contributed by atoms with van der Waals surface area (Å²) in [5.41, 5.74) is 1.43. The predicted molar refractivity (Wildman–Crippen MR) is 100 cm³/mol. The van der Waals surface area contributed by atoms with Gasteiger partial charge < -0.3 is 19.3 Å². The highest BCUT2D eigenvalue weighted by Crippen LogP contribution is 2.32. The smallest absolute Gasteiger partial charge is 0.257 e. The third-order valence-corrected chi connectivity index (χ3v) is 4.61. The van der Waals surface area contributed by atoms with Gasteiger partial charge in [0.25, 0.3) is 5.91 Å². The lowest BCUT2D eigenvalue weighted by atomic mass is 10.1. The Morgan fingerprint density at radius 3 is 2.74 bits per heavy atom. The number of aryl methyl sites for hydroxylation is 1. The molecular weight excluding hydrogens is 368 g/mol. The fourth-order valence-electron chi connectivity index (χ4n) is 2.94. The van der Waals surface area contributed by atoms with Crippen LogP contribution in [0.2, 0.25) is 5.02 Å². The standard InChI is InChI=1S/C20H17ClN2O4/c1-12-18(19(23-27-12)14-6-2-3-7-15(14)21)20(24)22-10-13-11-25-16-8-4-5-9-17(16)26-13/h2-9,13H,10-11H2,1H3,(H,22,24). The van der Waals surface area contributed by atoms with Crippen LogP contribution in [0.25, 0.3) is 11.3 Å². The first kappa shape index (κ1) is 17.4. The van der Waals surface area contributed by atoms with Gasteiger partial charge in [-0.15, -0.1) is 0 Å². The number of nitrogens with one attached hydrogen (secondary N) is 1. The molecule has 1 aliphatic heterocycles. The third kappa shape index (κ3) is 3.48. The summed E-state index contributed by atoms with van der Waals surface area (Å²) in [4.78, 5) is 12.8. The Hall–Kier alpha value is -2.99. The third-order valence-electron chi connectivity index (χ3n) is 4.28. The summed E-state index contributed by atoms with van der Waals surface area (Å²) in [5.74, 6) is 1.50. The fourth-order valence-corrected chi connectivity index (χ4v) is 3.16. The molecule has 4 rings (SSSR count). The number of halogens is 1. The number of amides is 1. The number of para-hydroxylation sites is 2. The molecule has 0 spiro atoms. The molecule has 0 aliphatic carbocycles. The number of hydrogen-bond acceptors (Lipinski definition) is 5. The molecule has 1 atom stereocenters. The largest absolute Gasteiger partial charge is 0.486 e. The number of hydrogen-bond donors (Lipinski definition) is 1. The minimum absolute atomic E-state index is 0.284. The van der Waals surface area contributed by atoms with Crippen molar-refractivity contribution in [2.45, 2.75) is 13.0 Å². The Kier molecular flexibility index (Phi) is 4.73. The summed E-state index contributed by atoms with van der Waals surface area (Å²) in [6.45, 7) is 2.34. The van der Waals surface area contributed by atoms with Crippen LogP contribution >= 0.6 is 11.6 Å². The van der Waals surface area contributed by atoms with Gasteiger partial charge in [-0.3, -0.25) is 4.79 Å². The lowest BCUT2D eigenvalue weighted by Gasteiger charge is -2.26. The Morgan fingerprint density at radius 1 is 1.19 bits per heavy atom. The molecule has 0 saturated heterocycles. The van der Waals surface area contributed by atoms with Crippen molar-refractivity contribution >= 4 is 17.5 Å². The summed E-state index contributed by atoms with van der Waals surface area (Å²) in [5, 5.41) is 7.39. The second kappa shape index (κ2) is 7.32. The average molecular weight is 385 g/mol. The van der Waals surface area contributed by atoms with Crippen molar-refractivity contribution in [3.8, 4) is 22.8 Å². The van der Waals surface area contributed by atoms with Gasteiger partial charge >= 0.3 is 0 Å². The lowest BCUT2D eigenvalue weighted by molar-refractivity contribution is 0.0788. The van der Waals surface area contributed by atoms with Gasteiger partial charge in [-0.05, 0) is 25.1 Å². The topological polar surface area (TPSA) is 73.6 Å². The lowest BCUT2D eigenvalue weighted by Crippen LogP contribution is -2.40. The van der Waals surface area contributed by atoms with Crippen LogP contribution in [0.1, 0.15) is 16.1 Å². The summed E-state index contributed by atoms with van der Waals surface area (Å²) >= 11 is 6.24. The van der Waals surface area contributed by atoms with Crippen molar-refractivity contribution in [3.63, 3.8) is 0 Å². The van der Waals surface area contributed by atoms with Crippen LogP contribution in [0.3, 0.4) is 0 Å². The maximum absolute atomic E-state index is 12.8. The van der Waals surface area contributed by atoms with Crippen LogP contribution in [0.5, 0.6) is 11.5 Å². The predicted octanol–water partition coefficient (Wildman–Crippen LogP) is 3.87. The molecule has 3 aromatic rings. The first-order chi connectivity index (χ1) is 13.1. The summed E-state index contributed by atoms with van der Waals surface area (Å²) in [7, 11) is 0. The summed E-state index contributed by atoms with van der Waals surface area (Å²) in [6, 6.07) is 14.6. The van der Waals surface area contributed by atoms with Crippen molar-refractivity contribution in [2.75, 3.05) is 13.2 Å². The molecular formula is C20H17ClN2O4. The van der Waals surface area contributed by atoms with E-state index in [1.165, 1.54) is 0 Å². The van der Waals surface area contributed by atoms with Crippen molar-refractivity contribution in [1.82, 2.24) is 10.5 Å². The molecule has 6 nitrogen and oxygen atoms in total. The zero-order chi connectivity index (χ0) is 18.8. The van der Waals surface area contributed by atoms with Gasteiger partial charge in [-0.1, -0.05) is 47.1 Å². The van der Waals surface area contributed by atoms with Crippen molar-refractivity contribution in [1.29, 1.82) is 0 Å². The molecule has 0 saturated carbocycles. The molecule has 2 heterocycles. The maximum atomic E-state index is 12.8. The van der Waals surface area contributed by atoms with E-state index in [4.69, 9.17) is 25.6 Å². The zero-order valence-corrected chi connectivity index (χ0v) is 15.3. The van der Waals surface area contributed by atoms with E-state index in [9.17, 15) is 4.79 Å². The monoisotopic (exact) mass is 384 g/mol. The van der Waals surface area contributed by atoms with E-state index in [1.807, 2.05) is 36.4 Å². The van der Waals surface area contributed by atoms with Crippen LogP contribution in [0.4, 0.5) is 0 Å². The maximum Gasteiger partial charge on any atom is 0.257 e. The van der Waals surface area contributed by atoms with Gasteiger partial charge in [-0.2, -0.15) is 0 Å². The highest BCUT2D eigenvalue weighted by Gasteiger charge is 2.25. The van der Waals surface area contributed by atoms with E-state index < -0.39 is 0 Å². The molecule has 7 heteroatoms. The first-order valence-corrected chi connectivity index (χ1v) is 8.89. The normalized spacial score (nSPS) is 15.4. The summed E-state index contributed by atoms with van der Waals surface area (Å²) in [6.07, 6.45) is -0.284. The van der Waals surface area contributed by atoms with Gasteiger partial charge in [0, 0.05) is 5.56 Å². The van der Waals surface area contributed by atoms with Crippen molar-refractivity contribution in [3.05, 3.63) is 64.9 Å². The number of carbonyl (C=O) groups excluding carboxylic acids is 1. The highest BCUT2D eigenvalue weighted by molar-refractivity contribution is 6.33. The average Bonchev–Trinajstić information content (AvgIpc) is 3.07. The molecule has 0 radical (unpaired) electrons. The molecule has 1 aromatic heterocycles. The molecule has 0 bridgehead atoms. The highest BCUT2D eigenvalue weighted by atomic mass is 35.5. The number of carbonyl (C=O) groups is 1. The zero-order valence-electron chi connectivity index (χ0n) is 14.6. The van der Waals surface area contributed by atoms with Crippen LogP contribution in [0, 0.1) is 6.92 Å². The van der Waals surface area contributed by atoms with Gasteiger partial charge in [0.15, 0.2) is 11.5 Å². The van der Waals surface area contributed by atoms with E-state index in [-0.39, 0.29) is 12.0 Å². The Balaban J connectivity index is 1.49. The number of nitrogens with zero attached hydrogens (tertiary/aromatic N) is 1. The molecule has 0 fully saturated rings. The number of aromatic nitrogens is 1. The molecule has 1 amide bonds. The Morgan fingerprint density at radius 2 is 1.93 bits per heavy atom. The van der Waals surface area contributed by atoms with Gasteiger partial charge in [0.05, 0.1) is 11.6 Å².